The molecule has 1 aromatic rings. The second kappa shape index (κ2) is 9.42. The van der Waals surface area contributed by atoms with E-state index >= 15 is 0 Å². The molecule has 24 heavy (non-hydrogen) atoms. The molecule has 1 heterocycles. The summed E-state index contributed by atoms with van der Waals surface area (Å²) in [5.74, 6) is 3.55. The largest absolute Gasteiger partial charge is 0.493 e. The van der Waals surface area contributed by atoms with E-state index in [1.54, 1.807) is 14.2 Å². The summed E-state index contributed by atoms with van der Waals surface area (Å²) in [4.78, 5) is 6.80. The van der Waals surface area contributed by atoms with Crippen molar-refractivity contribution >= 4 is 33.7 Å². The second-order valence-electron chi connectivity index (χ2n) is 5.56. The number of hydrogen-bond donors (Lipinski definition) is 1. The van der Waals surface area contributed by atoms with Gasteiger partial charge in [0, 0.05) is 37.7 Å². The van der Waals surface area contributed by atoms with Crippen LogP contribution in [0.3, 0.4) is 0 Å². The molecule has 0 amide bonds. The van der Waals surface area contributed by atoms with E-state index in [2.05, 4.69) is 49.8 Å². The lowest BCUT2D eigenvalue weighted by atomic mass is 10.2. The Kier molecular flexibility index (Phi) is 7.55. The molecule has 1 atom stereocenters. The van der Waals surface area contributed by atoms with Gasteiger partial charge in [-0.3, -0.25) is 4.99 Å². The Bertz CT molecular complexity index is 583. The van der Waals surface area contributed by atoms with E-state index in [-0.39, 0.29) is 0 Å². The topological polar surface area (TPSA) is 46.1 Å². The standard InChI is InChI=1S/C17H26BrN3O2S/c1-5-13-11-21(6-7-24-13)17(19-2)20-10-12-8-14(18)16(23-4)15(9-12)22-3/h8-9,13H,5-7,10-11H2,1-4H3,(H,19,20). The van der Waals surface area contributed by atoms with Crippen molar-refractivity contribution in [2.45, 2.75) is 25.1 Å². The summed E-state index contributed by atoms with van der Waals surface area (Å²) in [5, 5.41) is 4.15. The summed E-state index contributed by atoms with van der Waals surface area (Å²) in [6, 6.07) is 4.04. The van der Waals surface area contributed by atoms with E-state index in [4.69, 9.17) is 9.47 Å². The lowest BCUT2D eigenvalue weighted by Crippen LogP contribution is -2.47. The summed E-state index contributed by atoms with van der Waals surface area (Å²) < 4.78 is 11.7. The molecular formula is C17H26BrN3O2S. The normalized spacial score (nSPS) is 18.5. The molecule has 0 aliphatic carbocycles. The Morgan fingerprint density at radius 1 is 1.42 bits per heavy atom. The molecule has 1 aliphatic rings. The number of nitrogens with one attached hydrogen (secondary N) is 1. The lowest BCUT2D eigenvalue weighted by Gasteiger charge is -2.34. The number of nitrogens with zero attached hydrogens (tertiary/aromatic N) is 2. The van der Waals surface area contributed by atoms with E-state index in [9.17, 15) is 0 Å². The number of thioether (sulfide) groups is 1. The summed E-state index contributed by atoms with van der Waals surface area (Å²) in [5.41, 5.74) is 1.11. The smallest absolute Gasteiger partial charge is 0.193 e. The Morgan fingerprint density at radius 2 is 2.21 bits per heavy atom. The van der Waals surface area contributed by atoms with Crippen molar-refractivity contribution in [3.63, 3.8) is 0 Å². The highest BCUT2D eigenvalue weighted by atomic mass is 79.9. The van der Waals surface area contributed by atoms with Gasteiger partial charge in [-0.2, -0.15) is 11.8 Å². The summed E-state index contributed by atoms with van der Waals surface area (Å²) >= 11 is 5.60. The van der Waals surface area contributed by atoms with Crippen LogP contribution in [0.4, 0.5) is 0 Å². The van der Waals surface area contributed by atoms with E-state index in [0.29, 0.717) is 17.5 Å². The van der Waals surface area contributed by atoms with Crippen molar-refractivity contribution < 1.29 is 9.47 Å². The van der Waals surface area contributed by atoms with Gasteiger partial charge in [0.25, 0.3) is 0 Å². The van der Waals surface area contributed by atoms with Crippen LogP contribution in [0.2, 0.25) is 0 Å². The Labute approximate surface area is 157 Å². The zero-order valence-electron chi connectivity index (χ0n) is 14.8. The monoisotopic (exact) mass is 415 g/mol. The van der Waals surface area contributed by atoms with Gasteiger partial charge in [-0.05, 0) is 40.0 Å². The molecular weight excluding hydrogens is 390 g/mol. The molecule has 1 unspecified atom stereocenters. The quantitative estimate of drug-likeness (QED) is 0.589. The number of benzene rings is 1. The molecule has 1 aromatic carbocycles. The van der Waals surface area contributed by atoms with Crippen molar-refractivity contribution in [3.05, 3.63) is 22.2 Å². The van der Waals surface area contributed by atoms with Gasteiger partial charge in [0.2, 0.25) is 0 Å². The minimum atomic E-state index is 0.687. The number of guanidine groups is 1. The first-order valence-corrected chi connectivity index (χ1v) is 9.94. The first kappa shape index (κ1) is 19.2. The van der Waals surface area contributed by atoms with Crippen LogP contribution in [0.25, 0.3) is 0 Å². The third-order valence-corrected chi connectivity index (χ3v) is 6.01. The first-order valence-electron chi connectivity index (χ1n) is 8.10. The highest BCUT2D eigenvalue weighted by Crippen LogP contribution is 2.36. The SMILES string of the molecule is CCC1CN(C(=NC)NCc2cc(Br)c(OC)c(OC)c2)CCS1. The van der Waals surface area contributed by atoms with Crippen LogP contribution in [0, 0.1) is 0 Å². The van der Waals surface area contributed by atoms with Crippen molar-refractivity contribution in [1.29, 1.82) is 0 Å². The van der Waals surface area contributed by atoms with Gasteiger partial charge in [0.1, 0.15) is 0 Å². The highest BCUT2D eigenvalue weighted by Gasteiger charge is 2.21. The van der Waals surface area contributed by atoms with Gasteiger partial charge in [0.05, 0.1) is 18.7 Å². The van der Waals surface area contributed by atoms with E-state index in [1.165, 1.54) is 6.42 Å². The maximum Gasteiger partial charge on any atom is 0.193 e. The fourth-order valence-electron chi connectivity index (χ4n) is 2.75. The van der Waals surface area contributed by atoms with Crippen molar-refractivity contribution in [2.24, 2.45) is 4.99 Å². The van der Waals surface area contributed by atoms with Crippen LogP contribution in [0.1, 0.15) is 18.9 Å². The van der Waals surface area contributed by atoms with Gasteiger partial charge in [-0.1, -0.05) is 6.92 Å². The minimum absolute atomic E-state index is 0.687. The summed E-state index contributed by atoms with van der Waals surface area (Å²) in [6.45, 7) is 5.03. The Balaban J connectivity index is 2.04. The number of methoxy groups -OCH3 is 2. The number of rotatable bonds is 5. The predicted molar refractivity (Wildman–Crippen MR) is 106 cm³/mol. The van der Waals surface area contributed by atoms with Gasteiger partial charge in [-0.25, -0.2) is 0 Å². The average Bonchev–Trinajstić information content (AvgIpc) is 2.61. The van der Waals surface area contributed by atoms with Crippen molar-refractivity contribution in [2.75, 3.05) is 40.1 Å². The number of aliphatic imine (C=N–C) groups is 1. The van der Waals surface area contributed by atoms with Gasteiger partial charge in [0.15, 0.2) is 17.5 Å². The molecule has 1 saturated heterocycles. The molecule has 1 aliphatic heterocycles. The molecule has 0 bridgehead atoms. The number of halogens is 1. The van der Waals surface area contributed by atoms with Crippen molar-refractivity contribution in [3.8, 4) is 11.5 Å². The van der Waals surface area contributed by atoms with E-state index in [1.807, 2.05) is 19.2 Å². The highest BCUT2D eigenvalue weighted by molar-refractivity contribution is 9.10. The number of hydrogen-bond acceptors (Lipinski definition) is 4. The van der Waals surface area contributed by atoms with Gasteiger partial charge < -0.3 is 19.7 Å². The Hall–Kier alpha value is -1.08. The maximum atomic E-state index is 5.41. The molecule has 0 saturated carbocycles. The fraction of sp³-hybridized carbons (Fsp3) is 0.588. The molecule has 1 N–H and O–H groups in total. The zero-order valence-corrected chi connectivity index (χ0v) is 17.2. The maximum absolute atomic E-state index is 5.41. The van der Waals surface area contributed by atoms with E-state index < -0.39 is 0 Å². The molecule has 5 nitrogen and oxygen atoms in total. The first-order chi connectivity index (χ1) is 11.6. The van der Waals surface area contributed by atoms with Gasteiger partial charge in [-0.15, -0.1) is 0 Å². The molecule has 0 aromatic heterocycles. The van der Waals surface area contributed by atoms with Crippen LogP contribution in [0.5, 0.6) is 11.5 Å². The summed E-state index contributed by atoms with van der Waals surface area (Å²) in [7, 11) is 5.13. The Morgan fingerprint density at radius 3 is 2.83 bits per heavy atom. The van der Waals surface area contributed by atoms with E-state index in [0.717, 1.165) is 40.6 Å². The zero-order chi connectivity index (χ0) is 17.5. The fourth-order valence-corrected chi connectivity index (χ4v) is 4.58. The molecule has 0 spiro atoms. The molecule has 134 valence electrons. The second-order valence-corrected chi connectivity index (χ2v) is 7.82. The van der Waals surface area contributed by atoms with Crippen molar-refractivity contribution in [1.82, 2.24) is 10.2 Å². The average molecular weight is 416 g/mol. The minimum Gasteiger partial charge on any atom is -0.493 e. The third kappa shape index (κ3) is 4.72. The molecule has 0 radical (unpaired) electrons. The molecule has 7 heteroatoms. The molecule has 1 fully saturated rings. The van der Waals surface area contributed by atoms with Crippen LogP contribution >= 0.6 is 27.7 Å². The number of ether oxygens (including phenoxy) is 2. The predicted octanol–water partition coefficient (Wildman–Crippen LogP) is 3.37. The van der Waals surface area contributed by atoms with Gasteiger partial charge >= 0.3 is 0 Å². The van der Waals surface area contributed by atoms with Crippen LogP contribution < -0.4 is 14.8 Å². The van der Waals surface area contributed by atoms with Crippen LogP contribution in [0.15, 0.2) is 21.6 Å². The van der Waals surface area contributed by atoms with Crippen LogP contribution in [-0.4, -0.2) is 56.2 Å². The third-order valence-electron chi connectivity index (χ3n) is 4.05. The lowest BCUT2D eigenvalue weighted by molar-refractivity contribution is 0.352. The van der Waals surface area contributed by atoms with Crippen LogP contribution in [-0.2, 0) is 6.54 Å². The molecule has 2 rings (SSSR count). The summed E-state index contributed by atoms with van der Waals surface area (Å²) in [6.07, 6.45) is 1.20.